The number of ketones is 1. The fraction of sp³-hybridized carbons (Fsp3) is 0.211. The molecule has 24 heavy (non-hydrogen) atoms. The molecule has 0 fully saturated rings. The van der Waals surface area contributed by atoms with Crippen LogP contribution in [-0.2, 0) is 10.2 Å². The molecule has 122 valence electrons. The molecule has 0 bridgehead atoms. The SMILES string of the molecule is CN1/C(=C/C=C2/C=C([N+](=O)[O-])C=CC2=O)C(C)(C)c2ccccc21. The number of para-hydroxylation sites is 1. The van der Waals surface area contributed by atoms with Crippen molar-refractivity contribution in [1.82, 2.24) is 0 Å². The maximum absolute atomic E-state index is 12.0. The van der Waals surface area contributed by atoms with E-state index < -0.39 is 4.92 Å². The lowest BCUT2D eigenvalue weighted by Gasteiger charge is -2.23. The highest BCUT2D eigenvalue weighted by Crippen LogP contribution is 2.46. The van der Waals surface area contributed by atoms with Gasteiger partial charge in [-0.25, -0.2) is 0 Å². The molecule has 5 heteroatoms. The normalized spacial score (nSPS) is 22.0. The zero-order valence-electron chi connectivity index (χ0n) is 13.8. The largest absolute Gasteiger partial charge is 0.347 e. The second-order valence-corrected chi connectivity index (χ2v) is 6.40. The molecule has 0 saturated carbocycles. The summed E-state index contributed by atoms with van der Waals surface area (Å²) in [6.45, 7) is 4.25. The summed E-state index contributed by atoms with van der Waals surface area (Å²) in [5.74, 6) is -0.228. The third-order valence-corrected chi connectivity index (χ3v) is 4.57. The number of hydrogen-bond acceptors (Lipinski definition) is 4. The smallest absolute Gasteiger partial charge is 0.270 e. The van der Waals surface area contributed by atoms with Gasteiger partial charge in [0.05, 0.1) is 4.92 Å². The van der Waals surface area contributed by atoms with Gasteiger partial charge in [0.2, 0.25) is 0 Å². The summed E-state index contributed by atoms with van der Waals surface area (Å²) in [6, 6.07) is 8.16. The molecule has 5 nitrogen and oxygen atoms in total. The molecule has 3 rings (SSSR count). The Bertz CT molecular complexity index is 857. The predicted molar refractivity (Wildman–Crippen MR) is 93.3 cm³/mol. The Morgan fingerprint density at radius 2 is 1.88 bits per heavy atom. The lowest BCUT2D eigenvalue weighted by Crippen LogP contribution is -2.22. The van der Waals surface area contributed by atoms with Gasteiger partial charge in [0, 0.05) is 41.6 Å². The molecule has 0 unspecified atom stereocenters. The molecular formula is C19H18N2O3. The summed E-state index contributed by atoms with van der Waals surface area (Å²) >= 11 is 0. The van der Waals surface area contributed by atoms with Crippen molar-refractivity contribution in [2.45, 2.75) is 19.3 Å². The van der Waals surface area contributed by atoms with Crippen molar-refractivity contribution in [3.05, 3.63) is 87.3 Å². The molecule has 0 saturated heterocycles. The summed E-state index contributed by atoms with van der Waals surface area (Å²) in [5.41, 5.74) is 3.41. The van der Waals surface area contributed by atoms with Crippen LogP contribution in [0.5, 0.6) is 0 Å². The minimum Gasteiger partial charge on any atom is -0.347 e. The van der Waals surface area contributed by atoms with Crippen molar-refractivity contribution in [2.24, 2.45) is 0 Å². The van der Waals surface area contributed by atoms with Crippen molar-refractivity contribution in [3.8, 4) is 0 Å². The van der Waals surface area contributed by atoms with Crippen molar-refractivity contribution in [3.63, 3.8) is 0 Å². The van der Waals surface area contributed by atoms with E-state index in [9.17, 15) is 14.9 Å². The van der Waals surface area contributed by atoms with Crippen LogP contribution in [0.1, 0.15) is 19.4 Å². The van der Waals surface area contributed by atoms with Crippen molar-refractivity contribution >= 4 is 11.5 Å². The van der Waals surface area contributed by atoms with Crippen molar-refractivity contribution in [1.29, 1.82) is 0 Å². The lowest BCUT2D eigenvalue weighted by molar-refractivity contribution is -0.419. The van der Waals surface area contributed by atoms with Gasteiger partial charge in [-0.3, -0.25) is 14.9 Å². The van der Waals surface area contributed by atoms with E-state index in [1.54, 1.807) is 6.08 Å². The highest BCUT2D eigenvalue weighted by Gasteiger charge is 2.37. The Morgan fingerprint density at radius 1 is 1.17 bits per heavy atom. The number of allylic oxidation sites excluding steroid dienone is 7. The van der Waals surface area contributed by atoms with Gasteiger partial charge in [0.1, 0.15) is 0 Å². The number of nitro groups is 1. The Balaban J connectivity index is 2.02. The number of likely N-dealkylation sites (N-methyl/N-ethyl adjacent to an activating group) is 1. The maximum Gasteiger partial charge on any atom is 0.270 e. The van der Waals surface area contributed by atoms with Gasteiger partial charge in [-0.05, 0) is 29.9 Å². The van der Waals surface area contributed by atoms with E-state index in [4.69, 9.17) is 0 Å². The fourth-order valence-electron chi connectivity index (χ4n) is 3.25. The first-order chi connectivity index (χ1) is 11.3. The van der Waals surface area contributed by atoms with Crippen LogP contribution in [-0.4, -0.2) is 17.8 Å². The second kappa shape index (κ2) is 5.60. The van der Waals surface area contributed by atoms with Gasteiger partial charge in [0.15, 0.2) is 5.78 Å². The van der Waals surface area contributed by atoms with Crippen LogP contribution in [0, 0.1) is 10.1 Å². The summed E-state index contributed by atoms with van der Waals surface area (Å²) in [7, 11) is 1.98. The van der Waals surface area contributed by atoms with Crippen molar-refractivity contribution in [2.75, 3.05) is 11.9 Å². The van der Waals surface area contributed by atoms with Gasteiger partial charge >= 0.3 is 0 Å². The van der Waals surface area contributed by atoms with Crippen LogP contribution in [0.2, 0.25) is 0 Å². The number of fused-ring (bicyclic) bond motifs is 1. The molecule has 2 aliphatic rings. The van der Waals surface area contributed by atoms with Crippen LogP contribution >= 0.6 is 0 Å². The number of rotatable bonds is 2. The molecule has 0 spiro atoms. The first-order valence-electron chi connectivity index (χ1n) is 7.66. The van der Waals surface area contributed by atoms with Gasteiger partial charge < -0.3 is 4.90 Å². The number of carbonyl (C=O) groups excluding carboxylic acids is 1. The van der Waals surface area contributed by atoms with Crippen LogP contribution in [0.4, 0.5) is 5.69 Å². The van der Waals surface area contributed by atoms with Gasteiger partial charge in [-0.15, -0.1) is 0 Å². The molecule has 0 radical (unpaired) electrons. The van der Waals surface area contributed by atoms with Gasteiger partial charge in [-0.2, -0.15) is 0 Å². The molecule has 1 heterocycles. The molecule has 0 N–H and O–H groups in total. The third-order valence-electron chi connectivity index (χ3n) is 4.57. The molecule has 1 aromatic carbocycles. The quantitative estimate of drug-likeness (QED) is 0.475. The second-order valence-electron chi connectivity index (χ2n) is 6.40. The lowest BCUT2D eigenvalue weighted by atomic mass is 9.83. The van der Waals surface area contributed by atoms with Gasteiger partial charge in [0.25, 0.3) is 5.70 Å². The molecule has 1 aromatic rings. The van der Waals surface area contributed by atoms with Crippen LogP contribution < -0.4 is 4.90 Å². The van der Waals surface area contributed by atoms with Crippen LogP contribution in [0.3, 0.4) is 0 Å². The number of anilines is 1. The summed E-state index contributed by atoms with van der Waals surface area (Å²) in [5, 5.41) is 10.9. The number of carbonyl (C=O) groups is 1. The molecule has 0 aromatic heterocycles. The molecule has 1 aliphatic carbocycles. The number of benzene rings is 1. The summed E-state index contributed by atoms with van der Waals surface area (Å²) in [4.78, 5) is 24.5. The van der Waals surface area contributed by atoms with Gasteiger partial charge in [-0.1, -0.05) is 32.0 Å². The number of hydrogen-bond donors (Lipinski definition) is 0. The standard InChI is InChI=1S/C19H18N2O3/c1-19(2)15-6-4-5-7-16(15)20(3)18(19)11-8-13-12-14(21(23)24)9-10-17(13)22/h4-12H,1-3H3/b13-8-,18-11+. The zero-order chi connectivity index (χ0) is 17.5. The van der Waals surface area contributed by atoms with E-state index in [1.807, 2.05) is 25.3 Å². The zero-order valence-corrected chi connectivity index (χ0v) is 13.8. The molecule has 1 aliphatic heterocycles. The van der Waals surface area contributed by atoms with E-state index in [0.29, 0.717) is 5.57 Å². The maximum atomic E-state index is 12.0. The Kier molecular flexibility index (Phi) is 3.72. The highest BCUT2D eigenvalue weighted by molar-refractivity contribution is 6.07. The van der Waals surface area contributed by atoms with E-state index in [0.717, 1.165) is 11.4 Å². The Morgan fingerprint density at radius 3 is 2.54 bits per heavy atom. The predicted octanol–water partition coefficient (Wildman–Crippen LogP) is 3.52. The fourth-order valence-corrected chi connectivity index (χ4v) is 3.25. The van der Waals surface area contributed by atoms with E-state index >= 15 is 0 Å². The topological polar surface area (TPSA) is 63.4 Å². The van der Waals surface area contributed by atoms with E-state index in [1.165, 1.54) is 23.8 Å². The summed E-state index contributed by atoms with van der Waals surface area (Å²) < 4.78 is 0. The molecule has 0 atom stereocenters. The molecular weight excluding hydrogens is 304 g/mol. The first kappa shape index (κ1) is 15.9. The third kappa shape index (κ3) is 2.48. The molecule has 0 amide bonds. The average molecular weight is 322 g/mol. The first-order valence-corrected chi connectivity index (χ1v) is 7.66. The van der Waals surface area contributed by atoms with Crippen LogP contribution in [0.15, 0.2) is 71.6 Å². The minimum atomic E-state index is -0.495. The summed E-state index contributed by atoms with van der Waals surface area (Å²) in [6.07, 6.45) is 7.32. The minimum absolute atomic E-state index is 0.0819. The monoisotopic (exact) mass is 322 g/mol. The Hall–Kier alpha value is -2.95. The van der Waals surface area contributed by atoms with Crippen molar-refractivity contribution < 1.29 is 9.72 Å². The van der Waals surface area contributed by atoms with E-state index in [2.05, 4.69) is 30.9 Å². The van der Waals surface area contributed by atoms with Crippen LogP contribution in [0.25, 0.3) is 0 Å². The average Bonchev–Trinajstić information content (AvgIpc) is 2.74. The Labute approximate surface area is 140 Å². The van der Waals surface area contributed by atoms with E-state index in [-0.39, 0.29) is 16.9 Å². The number of nitrogens with zero attached hydrogens (tertiary/aromatic N) is 2. The highest BCUT2D eigenvalue weighted by atomic mass is 16.6.